The predicted molar refractivity (Wildman–Crippen MR) is 95.6 cm³/mol. The number of carbonyl (C=O) groups is 1. The van der Waals surface area contributed by atoms with Crippen molar-refractivity contribution in [3.8, 4) is 11.5 Å². The predicted octanol–water partition coefficient (Wildman–Crippen LogP) is 2.90. The van der Waals surface area contributed by atoms with Gasteiger partial charge in [0.1, 0.15) is 6.26 Å². The van der Waals surface area contributed by atoms with Crippen molar-refractivity contribution in [2.24, 2.45) is 0 Å². The number of oxazole rings is 1. The summed E-state index contributed by atoms with van der Waals surface area (Å²) in [6.45, 7) is 3.92. The second-order valence-electron chi connectivity index (χ2n) is 6.09. The molecular formula is C17H21BrN4O2. The summed E-state index contributed by atoms with van der Waals surface area (Å²) in [4.78, 5) is 22.3. The number of hydrogen-bond acceptors (Lipinski definition) is 4. The van der Waals surface area contributed by atoms with E-state index in [1.807, 2.05) is 29.2 Å². The fraction of sp³-hybridized carbons (Fsp3) is 0.412. The Labute approximate surface area is 150 Å². The Morgan fingerprint density at radius 3 is 2.50 bits per heavy atom. The standard InChI is InChI=1S/C17H21BrN4O2/c1-20(2)17(23)22-9-7-21(8-10-22)11-15-12-24-16(19-15)13-3-5-14(18)6-4-13/h3-6,12H,7-11H2,1-2H3. The first-order valence-electron chi connectivity index (χ1n) is 7.92. The maximum atomic E-state index is 11.9. The number of nitrogens with zero attached hydrogens (tertiary/aromatic N) is 4. The van der Waals surface area contributed by atoms with E-state index >= 15 is 0 Å². The van der Waals surface area contributed by atoms with Crippen LogP contribution in [-0.4, -0.2) is 66.0 Å². The number of urea groups is 1. The summed E-state index contributed by atoms with van der Waals surface area (Å²) in [5.41, 5.74) is 1.88. The third kappa shape index (κ3) is 3.96. The Hall–Kier alpha value is -1.86. The molecule has 24 heavy (non-hydrogen) atoms. The zero-order valence-corrected chi connectivity index (χ0v) is 15.5. The SMILES string of the molecule is CN(C)C(=O)N1CCN(Cc2coc(-c3ccc(Br)cc3)n2)CC1. The highest BCUT2D eigenvalue weighted by Gasteiger charge is 2.22. The van der Waals surface area contributed by atoms with Crippen molar-refractivity contribution in [2.45, 2.75) is 6.54 Å². The van der Waals surface area contributed by atoms with Crippen LogP contribution in [0.15, 0.2) is 39.4 Å². The fourth-order valence-electron chi connectivity index (χ4n) is 2.71. The minimum absolute atomic E-state index is 0.0774. The van der Waals surface area contributed by atoms with Crippen molar-refractivity contribution in [3.05, 3.63) is 40.7 Å². The molecule has 1 aliphatic heterocycles. The van der Waals surface area contributed by atoms with E-state index in [4.69, 9.17) is 4.42 Å². The lowest BCUT2D eigenvalue weighted by Gasteiger charge is -2.35. The summed E-state index contributed by atoms with van der Waals surface area (Å²) in [7, 11) is 3.57. The summed E-state index contributed by atoms with van der Waals surface area (Å²) in [5.74, 6) is 0.638. The van der Waals surface area contributed by atoms with E-state index < -0.39 is 0 Å². The highest BCUT2D eigenvalue weighted by molar-refractivity contribution is 9.10. The van der Waals surface area contributed by atoms with E-state index in [0.717, 1.165) is 48.5 Å². The first-order valence-corrected chi connectivity index (χ1v) is 8.71. The average molecular weight is 393 g/mol. The molecule has 7 heteroatoms. The molecule has 0 atom stereocenters. The summed E-state index contributed by atoms with van der Waals surface area (Å²) in [5, 5.41) is 0. The molecule has 2 aromatic rings. The van der Waals surface area contributed by atoms with Gasteiger partial charge in [0.2, 0.25) is 5.89 Å². The molecule has 1 aliphatic rings. The third-order valence-electron chi connectivity index (χ3n) is 4.05. The highest BCUT2D eigenvalue weighted by Crippen LogP contribution is 2.21. The van der Waals surface area contributed by atoms with Crippen LogP contribution < -0.4 is 0 Å². The van der Waals surface area contributed by atoms with Crippen molar-refractivity contribution in [2.75, 3.05) is 40.3 Å². The van der Waals surface area contributed by atoms with Crippen LogP contribution in [0.2, 0.25) is 0 Å². The Morgan fingerprint density at radius 2 is 1.88 bits per heavy atom. The van der Waals surface area contributed by atoms with Gasteiger partial charge in [-0.05, 0) is 24.3 Å². The lowest BCUT2D eigenvalue weighted by Crippen LogP contribution is -2.51. The fourth-order valence-corrected chi connectivity index (χ4v) is 2.98. The topological polar surface area (TPSA) is 52.8 Å². The average Bonchev–Trinajstić information content (AvgIpc) is 3.04. The van der Waals surface area contributed by atoms with E-state index in [-0.39, 0.29) is 6.03 Å². The minimum Gasteiger partial charge on any atom is -0.444 e. The molecule has 6 nitrogen and oxygen atoms in total. The summed E-state index contributed by atoms with van der Waals surface area (Å²) >= 11 is 3.42. The van der Waals surface area contributed by atoms with Gasteiger partial charge >= 0.3 is 6.03 Å². The van der Waals surface area contributed by atoms with Crippen LogP contribution in [0.5, 0.6) is 0 Å². The Bertz CT molecular complexity index is 691. The van der Waals surface area contributed by atoms with Gasteiger partial charge in [-0.15, -0.1) is 0 Å². The number of hydrogen-bond donors (Lipinski definition) is 0. The minimum atomic E-state index is 0.0774. The van der Waals surface area contributed by atoms with Crippen LogP contribution >= 0.6 is 15.9 Å². The van der Waals surface area contributed by atoms with E-state index in [1.165, 1.54) is 0 Å². The maximum absolute atomic E-state index is 11.9. The Morgan fingerprint density at radius 1 is 1.21 bits per heavy atom. The van der Waals surface area contributed by atoms with Gasteiger partial charge in [0.15, 0.2) is 0 Å². The molecule has 128 valence electrons. The van der Waals surface area contributed by atoms with E-state index in [2.05, 4.69) is 25.8 Å². The monoisotopic (exact) mass is 392 g/mol. The molecule has 3 rings (SSSR count). The number of amides is 2. The van der Waals surface area contributed by atoms with Crippen LogP contribution in [-0.2, 0) is 6.54 Å². The van der Waals surface area contributed by atoms with Crippen LogP contribution in [0.4, 0.5) is 4.79 Å². The lowest BCUT2D eigenvalue weighted by atomic mass is 10.2. The Kier molecular flexibility index (Phi) is 5.20. The molecule has 1 aromatic carbocycles. The zero-order valence-electron chi connectivity index (χ0n) is 13.9. The zero-order chi connectivity index (χ0) is 17.1. The maximum Gasteiger partial charge on any atom is 0.319 e. The summed E-state index contributed by atoms with van der Waals surface area (Å²) in [6.07, 6.45) is 1.72. The molecule has 1 aromatic heterocycles. The van der Waals surface area contributed by atoms with Crippen LogP contribution in [0.3, 0.4) is 0 Å². The highest BCUT2D eigenvalue weighted by atomic mass is 79.9. The molecule has 2 heterocycles. The van der Waals surface area contributed by atoms with E-state index in [1.54, 1.807) is 25.3 Å². The molecular weight excluding hydrogens is 372 g/mol. The van der Waals surface area contributed by atoms with Crippen molar-refractivity contribution in [1.82, 2.24) is 19.7 Å². The van der Waals surface area contributed by atoms with Gasteiger partial charge in [0, 0.05) is 56.9 Å². The molecule has 1 saturated heterocycles. The van der Waals surface area contributed by atoms with Crippen molar-refractivity contribution >= 4 is 22.0 Å². The molecule has 0 bridgehead atoms. The number of halogens is 1. The molecule has 0 spiro atoms. The summed E-state index contributed by atoms with van der Waals surface area (Å²) in [6, 6.07) is 7.98. The normalized spacial score (nSPS) is 15.5. The number of aromatic nitrogens is 1. The van der Waals surface area contributed by atoms with E-state index in [0.29, 0.717) is 5.89 Å². The lowest BCUT2D eigenvalue weighted by molar-refractivity contribution is 0.119. The van der Waals surface area contributed by atoms with Gasteiger partial charge in [-0.1, -0.05) is 15.9 Å². The van der Waals surface area contributed by atoms with Gasteiger partial charge in [-0.3, -0.25) is 4.90 Å². The molecule has 1 fully saturated rings. The molecule has 2 amide bonds. The van der Waals surface area contributed by atoms with Crippen LogP contribution in [0, 0.1) is 0 Å². The van der Waals surface area contributed by atoms with Gasteiger partial charge < -0.3 is 14.2 Å². The van der Waals surface area contributed by atoms with Gasteiger partial charge in [0.25, 0.3) is 0 Å². The second kappa shape index (κ2) is 7.36. The van der Waals surface area contributed by atoms with E-state index in [9.17, 15) is 4.79 Å². The number of benzene rings is 1. The van der Waals surface area contributed by atoms with Crippen LogP contribution in [0.1, 0.15) is 5.69 Å². The van der Waals surface area contributed by atoms with Crippen LogP contribution in [0.25, 0.3) is 11.5 Å². The molecule has 0 aliphatic carbocycles. The first kappa shape index (κ1) is 17.0. The van der Waals surface area contributed by atoms with Crippen molar-refractivity contribution in [1.29, 1.82) is 0 Å². The molecule has 0 unspecified atom stereocenters. The van der Waals surface area contributed by atoms with Crippen molar-refractivity contribution < 1.29 is 9.21 Å². The van der Waals surface area contributed by atoms with Gasteiger partial charge in [0.05, 0.1) is 5.69 Å². The number of carbonyl (C=O) groups excluding carboxylic acids is 1. The number of piperazine rings is 1. The number of rotatable bonds is 3. The molecule has 0 N–H and O–H groups in total. The summed E-state index contributed by atoms with van der Waals surface area (Å²) < 4.78 is 6.63. The van der Waals surface area contributed by atoms with Gasteiger partial charge in [-0.25, -0.2) is 9.78 Å². The largest absolute Gasteiger partial charge is 0.444 e. The first-order chi connectivity index (χ1) is 11.5. The Balaban J connectivity index is 1.56. The smallest absolute Gasteiger partial charge is 0.319 e. The quantitative estimate of drug-likeness (QED) is 0.805. The third-order valence-corrected chi connectivity index (χ3v) is 4.58. The van der Waals surface area contributed by atoms with Gasteiger partial charge in [-0.2, -0.15) is 0 Å². The second-order valence-corrected chi connectivity index (χ2v) is 7.01. The molecule has 0 radical (unpaired) electrons. The van der Waals surface area contributed by atoms with Crippen molar-refractivity contribution in [3.63, 3.8) is 0 Å². The molecule has 0 saturated carbocycles.